The van der Waals surface area contributed by atoms with E-state index in [2.05, 4.69) is 24.5 Å². The lowest BCUT2D eigenvalue weighted by Crippen LogP contribution is -2.52. The van der Waals surface area contributed by atoms with Gasteiger partial charge in [0.2, 0.25) is 0 Å². The molecule has 2 fully saturated rings. The Morgan fingerprint density at radius 1 is 1.35 bits per heavy atom. The summed E-state index contributed by atoms with van der Waals surface area (Å²) in [6.07, 6.45) is 6.00. The first kappa shape index (κ1) is 12.7. The first-order valence-corrected chi connectivity index (χ1v) is 6.97. The van der Waals surface area contributed by atoms with Crippen LogP contribution >= 0.6 is 0 Å². The quantitative estimate of drug-likeness (QED) is 0.784. The summed E-state index contributed by atoms with van der Waals surface area (Å²) in [5.74, 6) is 0. The Hall–Kier alpha value is -0.770. The van der Waals surface area contributed by atoms with E-state index in [1.807, 2.05) is 4.90 Å². The van der Waals surface area contributed by atoms with E-state index in [1.165, 1.54) is 19.3 Å². The SMILES string of the molecule is CC(C)N(CC1CCCN1)C(=O)NC1CCC1. The van der Waals surface area contributed by atoms with Crippen molar-refractivity contribution in [3.63, 3.8) is 0 Å². The first-order valence-electron chi connectivity index (χ1n) is 6.97. The zero-order chi connectivity index (χ0) is 12.3. The molecule has 2 rings (SSSR count). The number of nitrogens with zero attached hydrogens (tertiary/aromatic N) is 1. The smallest absolute Gasteiger partial charge is 0.317 e. The van der Waals surface area contributed by atoms with Crippen LogP contribution in [0.1, 0.15) is 46.0 Å². The number of carbonyl (C=O) groups excluding carboxylic acids is 1. The maximum Gasteiger partial charge on any atom is 0.317 e. The van der Waals surface area contributed by atoms with Crippen LogP contribution in [0.3, 0.4) is 0 Å². The summed E-state index contributed by atoms with van der Waals surface area (Å²) >= 11 is 0. The summed E-state index contributed by atoms with van der Waals surface area (Å²) in [6, 6.07) is 1.32. The van der Waals surface area contributed by atoms with Gasteiger partial charge in [0.25, 0.3) is 0 Å². The van der Waals surface area contributed by atoms with E-state index in [4.69, 9.17) is 0 Å². The van der Waals surface area contributed by atoms with Gasteiger partial charge < -0.3 is 15.5 Å². The minimum atomic E-state index is 0.124. The van der Waals surface area contributed by atoms with Crippen molar-refractivity contribution in [1.29, 1.82) is 0 Å². The molecule has 0 aromatic carbocycles. The molecule has 2 aliphatic rings. The average Bonchev–Trinajstić information content (AvgIpc) is 2.72. The Balaban J connectivity index is 1.83. The predicted octanol–water partition coefficient (Wildman–Crippen LogP) is 1.71. The van der Waals surface area contributed by atoms with Crippen LogP contribution in [0.5, 0.6) is 0 Å². The van der Waals surface area contributed by atoms with Crippen molar-refractivity contribution in [2.75, 3.05) is 13.1 Å². The molecule has 1 saturated heterocycles. The van der Waals surface area contributed by atoms with Crippen molar-refractivity contribution < 1.29 is 4.79 Å². The largest absolute Gasteiger partial charge is 0.335 e. The Morgan fingerprint density at radius 2 is 2.12 bits per heavy atom. The van der Waals surface area contributed by atoms with Crippen molar-refractivity contribution >= 4 is 6.03 Å². The number of urea groups is 1. The van der Waals surface area contributed by atoms with Crippen molar-refractivity contribution in [3.05, 3.63) is 0 Å². The van der Waals surface area contributed by atoms with Crippen LogP contribution in [0.15, 0.2) is 0 Å². The molecule has 98 valence electrons. The molecule has 2 N–H and O–H groups in total. The summed E-state index contributed by atoms with van der Waals surface area (Å²) in [6.45, 7) is 6.13. The molecule has 0 spiro atoms. The second kappa shape index (κ2) is 5.71. The number of hydrogen-bond donors (Lipinski definition) is 2. The zero-order valence-electron chi connectivity index (χ0n) is 11.0. The van der Waals surface area contributed by atoms with E-state index in [1.54, 1.807) is 0 Å². The lowest BCUT2D eigenvalue weighted by Gasteiger charge is -2.34. The molecule has 1 heterocycles. The molecule has 0 aromatic heterocycles. The van der Waals surface area contributed by atoms with E-state index in [0.29, 0.717) is 12.1 Å². The maximum absolute atomic E-state index is 12.2. The molecule has 17 heavy (non-hydrogen) atoms. The first-order chi connectivity index (χ1) is 8.16. The fraction of sp³-hybridized carbons (Fsp3) is 0.923. The van der Waals surface area contributed by atoms with Crippen molar-refractivity contribution in [1.82, 2.24) is 15.5 Å². The summed E-state index contributed by atoms with van der Waals surface area (Å²) < 4.78 is 0. The molecule has 1 aliphatic carbocycles. The highest BCUT2D eigenvalue weighted by Gasteiger charge is 2.26. The number of hydrogen-bond acceptors (Lipinski definition) is 2. The maximum atomic E-state index is 12.2. The van der Waals surface area contributed by atoms with Gasteiger partial charge >= 0.3 is 6.03 Å². The highest BCUT2D eigenvalue weighted by atomic mass is 16.2. The van der Waals surface area contributed by atoms with Gasteiger partial charge in [-0.1, -0.05) is 0 Å². The number of amides is 2. The predicted molar refractivity (Wildman–Crippen MR) is 69.0 cm³/mol. The van der Waals surface area contributed by atoms with E-state index in [0.717, 1.165) is 25.9 Å². The third-order valence-electron chi connectivity index (χ3n) is 3.90. The van der Waals surface area contributed by atoms with Gasteiger partial charge in [-0.15, -0.1) is 0 Å². The second-order valence-electron chi connectivity index (χ2n) is 5.62. The van der Waals surface area contributed by atoms with Crippen molar-refractivity contribution in [2.45, 2.75) is 64.1 Å². The molecule has 1 unspecified atom stereocenters. The zero-order valence-corrected chi connectivity index (χ0v) is 11.0. The fourth-order valence-corrected chi connectivity index (χ4v) is 2.49. The third-order valence-corrected chi connectivity index (χ3v) is 3.90. The molecule has 4 nitrogen and oxygen atoms in total. The minimum Gasteiger partial charge on any atom is -0.335 e. The molecular weight excluding hydrogens is 214 g/mol. The van der Waals surface area contributed by atoms with Crippen molar-refractivity contribution in [2.24, 2.45) is 0 Å². The van der Waals surface area contributed by atoms with Crippen LogP contribution in [0.2, 0.25) is 0 Å². The van der Waals surface area contributed by atoms with Crippen LogP contribution in [-0.4, -0.2) is 42.1 Å². The summed E-state index contributed by atoms with van der Waals surface area (Å²) in [5.41, 5.74) is 0. The molecule has 0 radical (unpaired) electrons. The molecular formula is C13H25N3O. The molecule has 1 atom stereocenters. The monoisotopic (exact) mass is 239 g/mol. The molecule has 0 aromatic rings. The van der Waals surface area contributed by atoms with Gasteiger partial charge in [-0.25, -0.2) is 4.79 Å². The summed E-state index contributed by atoms with van der Waals surface area (Å²) in [5, 5.41) is 6.59. The highest BCUT2D eigenvalue weighted by Crippen LogP contribution is 2.19. The number of rotatable bonds is 4. The lowest BCUT2D eigenvalue weighted by atomic mass is 9.93. The van der Waals surface area contributed by atoms with Crippen LogP contribution < -0.4 is 10.6 Å². The van der Waals surface area contributed by atoms with Crippen LogP contribution in [-0.2, 0) is 0 Å². The van der Waals surface area contributed by atoms with E-state index >= 15 is 0 Å². The molecule has 4 heteroatoms. The Kier molecular flexibility index (Phi) is 4.26. The van der Waals surface area contributed by atoms with Crippen LogP contribution in [0.25, 0.3) is 0 Å². The topological polar surface area (TPSA) is 44.4 Å². The summed E-state index contributed by atoms with van der Waals surface area (Å²) in [4.78, 5) is 14.1. The van der Waals surface area contributed by atoms with Gasteiger partial charge in [0, 0.05) is 24.7 Å². The normalized spacial score (nSPS) is 24.8. The molecule has 0 bridgehead atoms. The van der Waals surface area contributed by atoms with E-state index in [9.17, 15) is 4.79 Å². The fourth-order valence-electron chi connectivity index (χ4n) is 2.49. The van der Waals surface area contributed by atoms with Gasteiger partial charge in [0.05, 0.1) is 0 Å². The standard InChI is InChI=1S/C13H25N3O/c1-10(2)16(9-12-7-4-8-14-12)13(17)15-11-5-3-6-11/h10-12,14H,3-9H2,1-2H3,(H,15,17). The third kappa shape index (κ3) is 3.35. The number of carbonyl (C=O) groups is 1. The van der Waals surface area contributed by atoms with Gasteiger partial charge in [-0.05, 0) is 52.5 Å². The Morgan fingerprint density at radius 3 is 2.59 bits per heavy atom. The Bertz CT molecular complexity index is 257. The van der Waals surface area contributed by atoms with Gasteiger partial charge in [0.1, 0.15) is 0 Å². The second-order valence-corrected chi connectivity index (χ2v) is 5.62. The molecule has 2 amide bonds. The van der Waals surface area contributed by atoms with E-state index in [-0.39, 0.29) is 12.1 Å². The van der Waals surface area contributed by atoms with Gasteiger partial charge in [-0.3, -0.25) is 0 Å². The van der Waals surface area contributed by atoms with Crippen LogP contribution in [0.4, 0.5) is 4.79 Å². The minimum absolute atomic E-state index is 0.124. The van der Waals surface area contributed by atoms with Gasteiger partial charge in [-0.2, -0.15) is 0 Å². The van der Waals surface area contributed by atoms with Crippen LogP contribution in [0, 0.1) is 0 Å². The lowest BCUT2D eigenvalue weighted by molar-refractivity contribution is 0.166. The molecule has 1 saturated carbocycles. The summed E-state index contributed by atoms with van der Waals surface area (Å²) in [7, 11) is 0. The molecule has 1 aliphatic heterocycles. The average molecular weight is 239 g/mol. The van der Waals surface area contributed by atoms with Crippen molar-refractivity contribution in [3.8, 4) is 0 Å². The number of nitrogens with one attached hydrogen (secondary N) is 2. The Labute approximate surface area is 104 Å². The highest BCUT2D eigenvalue weighted by molar-refractivity contribution is 5.75. The van der Waals surface area contributed by atoms with Gasteiger partial charge in [0.15, 0.2) is 0 Å². The van der Waals surface area contributed by atoms with E-state index < -0.39 is 0 Å².